The van der Waals surface area contributed by atoms with Gasteiger partial charge in [0.1, 0.15) is 0 Å². The Kier molecular flexibility index (Phi) is 6.79. The lowest BCUT2D eigenvalue weighted by atomic mass is 10.1. The second kappa shape index (κ2) is 9.28. The first-order valence-corrected chi connectivity index (χ1v) is 10.3. The fourth-order valence-electron chi connectivity index (χ4n) is 4.03. The molecule has 1 N–H and O–H groups in total. The molecule has 2 aromatic rings. The summed E-state index contributed by atoms with van der Waals surface area (Å²) < 4.78 is 11.1. The molecule has 4 nitrogen and oxygen atoms in total. The van der Waals surface area contributed by atoms with Crippen LogP contribution in [0.1, 0.15) is 42.4 Å². The molecule has 0 saturated heterocycles. The van der Waals surface area contributed by atoms with Gasteiger partial charge in [-0.25, -0.2) is 0 Å². The molecule has 28 heavy (non-hydrogen) atoms. The minimum Gasteiger partial charge on any atom is -0.493 e. The van der Waals surface area contributed by atoms with Crippen LogP contribution in [0.15, 0.2) is 36.4 Å². The van der Waals surface area contributed by atoms with Crippen LogP contribution in [-0.2, 0) is 6.54 Å². The molecule has 0 unspecified atom stereocenters. The summed E-state index contributed by atoms with van der Waals surface area (Å²) in [7, 11) is 3.36. The summed E-state index contributed by atoms with van der Waals surface area (Å²) in [5, 5.41) is 4.30. The second-order valence-electron chi connectivity index (χ2n) is 7.42. The van der Waals surface area contributed by atoms with Crippen LogP contribution >= 0.6 is 12.2 Å². The first-order chi connectivity index (χ1) is 13.5. The molecule has 1 fully saturated rings. The van der Waals surface area contributed by atoms with Gasteiger partial charge in [-0.2, -0.15) is 0 Å². The Bertz CT molecular complexity index is 811. The summed E-state index contributed by atoms with van der Waals surface area (Å²) in [5.41, 5.74) is 4.59. The van der Waals surface area contributed by atoms with Crippen LogP contribution in [0, 0.1) is 13.8 Å². The van der Waals surface area contributed by atoms with E-state index >= 15 is 0 Å². The molecule has 0 aromatic heterocycles. The average molecular weight is 399 g/mol. The summed E-state index contributed by atoms with van der Waals surface area (Å²) in [5.74, 6) is 1.53. The van der Waals surface area contributed by atoms with Crippen molar-refractivity contribution in [3.05, 3.63) is 53.1 Å². The van der Waals surface area contributed by atoms with Crippen LogP contribution in [0.4, 0.5) is 5.69 Å². The number of hydrogen-bond acceptors (Lipinski definition) is 3. The number of anilines is 1. The molecule has 1 aliphatic carbocycles. The fourth-order valence-corrected chi connectivity index (χ4v) is 4.35. The highest BCUT2D eigenvalue weighted by Crippen LogP contribution is 2.34. The number of hydrogen-bond donors (Lipinski definition) is 1. The van der Waals surface area contributed by atoms with E-state index < -0.39 is 0 Å². The van der Waals surface area contributed by atoms with E-state index in [0.29, 0.717) is 12.6 Å². The van der Waals surface area contributed by atoms with Gasteiger partial charge in [-0.05, 0) is 56.1 Å². The predicted octanol–water partition coefficient (Wildman–Crippen LogP) is 5.46. The zero-order chi connectivity index (χ0) is 20.1. The standard InChI is InChI=1S/C23H30N2O2S/c1-16-9-7-10-17(2)21(16)24-23(28)25(19-12-5-6-13-19)15-18-11-8-14-20(26-3)22(18)27-4/h7-11,14,19H,5-6,12-13,15H2,1-4H3,(H,24,28). The number of nitrogens with one attached hydrogen (secondary N) is 1. The molecule has 0 aliphatic heterocycles. The van der Waals surface area contributed by atoms with Gasteiger partial charge in [0.2, 0.25) is 0 Å². The molecular formula is C23H30N2O2S. The molecule has 2 aromatic carbocycles. The Morgan fingerprint density at radius 3 is 2.29 bits per heavy atom. The van der Waals surface area contributed by atoms with Crippen molar-refractivity contribution >= 4 is 23.0 Å². The fraction of sp³-hybridized carbons (Fsp3) is 0.435. The Morgan fingerprint density at radius 2 is 1.68 bits per heavy atom. The van der Waals surface area contributed by atoms with Crippen molar-refractivity contribution in [1.82, 2.24) is 4.90 Å². The van der Waals surface area contributed by atoms with Crippen LogP contribution in [0.3, 0.4) is 0 Å². The number of aryl methyl sites for hydroxylation is 2. The molecule has 3 rings (SSSR count). The van der Waals surface area contributed by atoms with E-state index in [1.807, 2.05) is 12.1 Å². The zero-order valence-corrected chi connectivity index (χ0v) is 18.1. The van der Waals surface area contributed by atoms with E-state index in [4.69, 9.17) is 21.7 Å². The molecule has 0 radical (unpaired) electrons. The van der Waals surface area contributed by atoms with Crippen LogP contribution in [-0.4, -0.2) is 30.3 Å². The topological polar surface area (TPSA) is 33.7 Å². The monoisotopic (exact) mass is 398 g/mol. The summed E-state index contributed by atoms with van der Waals surface area (Å²) in [6.45, 7) is 4.92. The first-order valence-electron chi connectivity index (χ1n) is 9.88. The smallest absolute Gasteiger partial charge is 0.173 e. The molecule has 1 aliphatic rings. The minimum atomic E-state index is 0.445. The average Bonchev–Trinajstić information content (AvgIpc) is 3.22. The Morgan fingerprint density at radius 1 is 1.04 bits per heavy atom. The molecule has 5 heteroatoms. The van der Waals surface area contributed by atoms with Gasteiger partial charge in [0.05, 0.1) is 14.2 Å². The van der Waals surface area contributed by atoms with Crippen molar-refractivity contribution in [1.29, 1.82) is 0 Å². The maximum atomic E-state index is 5.90. The van der Waals surface area contributed by atoms with Crippen LogP contribution in [0.25, 0.3) is 0 Å². The molecule has 1 saturated carbocycles. The Balaban J connectivity index is 1.89. The summed E-state index contributed by atoms with van der Waals surface area (Å²) in [6, 6.07) is 12.8. The molecule has 0 amide bonds. The van der Waals surface area contributed by atoms with Crippen molar-refractivity contribution in [2.24, 2.45) is 0 Å². The largest absolute Gasteiger partial charge is 0.493 e. The number of para-hydroxylation sites is 2. The van der Waals surface area contributed by atoms with Gasteiger partial charge in [0.15, 0.2) is 16.6 Å². The van der Waals surface area contributed by atoms with Gasteiger partial charge in [-0.15, -0.1) is 0 Å². The van der Waals surface area contributed by atoms with Gasteiger partial charge in [0.25, 0.3) is 0 Å². The second-order valence-corrected chi connectivity index (χ2v) is 7.80. The zero-order valence-electron chi connectivity index (χ0n) is 17.2. The van der Waals surface area contributed by atoms with Crippen molar-refractivity contribution in [2.45, 2.75) is 52.1 Å². The molecular weight excluding hydrogens is 368 g/mol. The number of ether oxygens (including phenoxy) is 2. The van der Waals surface area contributed by atoms with Crippen molar-refractivity contribution in [3.63, 3.8) is 0 Å². The van der Waals surface area contributed by atoms with E-state index in [2.05, 4.69) is 48.3 Å². The van der Waals surface area contributed by atoms with E-state index in [9.17, 15) is 0 Å². The normalized spacial score (nSPS) is 14.0. The lowest BCUT2D eigenvalue weighted by Gasteiger charge is -2.33. The summed E-state index contributed by atoms with van der Waals surface area (Å²) in [4.78, 5) is 2.32. The van der Waals surface area contributed by atoms with Crippen molar-refractivity contribution in [3.8, 4) is 11.5 Å². The van der Waals surface area contributed by atoms with E-state index in [1.165, 1.54) is 36.8 Å². The van der Waals surface area contributed by atoms with Crippen molar-refractivity contribution in [2.75, 3.05) is 19.5 Å². The highest BCUT2D eigenvalue weighted by Gasteiger charge is 2.26. The lowest BCUT2D eigenvalue weighted by Crippen LogP contribution is -2.41. The SMILES string of the molecule is COc1cccc(CN(C(=S)Nc2c(C)cccc2C)C2CCCC2)c1OC. The van der Waals surface area contributed by atoms with Crippen LogP contribution < -0.4 is 14.8 Å². The van der Waals surface area contributed by atoms with Gasteiger partial charge in [0, 0.05) is 23.8 Å². The highest BCUT2D eigenvalue weighted by atomic mass is 32.1. The predicted molar refractivity (Wildman–Crippen MR) is 119 cm³/mol. The number of rotatable bonds is 6. The lowest BCUT2D eigenvalue weighted by molar-refractivity contribution is 0.300. The van der Waals surface area contributed by atoms with Gasteiger partial charge < -0.3 is 19.7 Å². The summed E-state index contributed by atoms with van der Waals surface area (Å²) in [6.07, 6.45) is 4.84. The van der Waals surface area contributed by atoms with Crippen LogP contribution in [0.5, 0.6) is 11.5 Å². The maximum absolute atomic E-state index is 5.90. The molecule has 0 bridgehead atoms. The van der Waals surface area contributed by atoms with E-state index in [1.54, 1.807) is 14.2 Å². The number of methoxy groups -OCH3 is 2. The van der Waals surface area contributed by atoms with Gasteiger partial charge >= 0.3 is 0 Å². The van der Waals surface area contributed by atoms with E-state index in [-0.39, 0.29) is 0 Å². The number of nitrogens with zero attached hydrogens (tertiary/aromatic N) is 1. The number of thiocarbonyl (C=S) groups is 1. The third-order valence-electron chi connectivity index (χ3n) is 5.56. The highest BCUT2D eigenvalue weighted by molar-refractivity contribution is 7.80. The molecule has 0 heterocycles. The molecule has 150 valence electrons. The number of benzene rings is 2. The Labute approximate surface area is 173 Å². The first kappa shape index (κ1) is 20.5. The van der Waals surface area contributed by atoms with Gasteiger partial charge in [-0.1, -0.05) is 43.2 Å². The third-order valence-corrected chi connectivity index (χ3v) is 5.90. The third kappa shape index (κ3) is 4.41. The Hall–Kier alpha value is -2.27. The quantitative estimate of drug-likeness (QED) is 0.653. The molecule has 0 atom stereocenters. The maximum Gasteiger partial charge on any atom is 0.173 e. The minimum absolute atomic E-state index is 0.445. The van der Waals surface area contributed by atoms with Gasteiger partial charge in [-0.3, -0.25) is 0 Å². The summed E-state index contributed by atoms with van der Waals surface area (Å²) >= 11 is 5.90. The molecule has 0 spiro atoms. The van der Waals surface area contributed by atoms with Crippen molar-refractivity contribution < 1.29 is 9.47 Å². The van der Waals surface area contributed by atoms with Crippen LogP contribution in [0.2, 0.25) is 0 Å². The van der Waals surface area contributed by atoms with E-state index in [0.717, 1.165) is 27.9 Å².